The lowest BCUT2D eigenvalue weighted by atomic mass is 10.0. The summed E-state index contributed by atoms with van der Waals surface area (Å²) in [7, 11) is 0. The molecular formula is C18H23N3O2. The quantitative estimate of drug-likeness (QED) is 0.733. The molecule has 1 aromatic carbocycles. The Labute approximate surface area is 135 Å². The Kier molecular flexibility index (Phi) is 4.65. The average Bonchev–Trinajstić information content (AvgIpc) is 3.26. The summed E-state index contributed by atoms with van der Waals surface area (Å²) in [6, 6.07) is 7.76. The van der Waals surface area contributed by atoms with Crippen LogP contribution in [0.5, 0.6) is 0 Å². The number of amides is 2. The molecule has 122 valence electrons. The van der Waals surface area contributed by atoms with E-state index in [1.54, 1.807) is 0 Å². The maximum Gasteiger partial charge on any atom is 0.243 e. The number of rotatable bonds is 7. The first-order valence-electron chi connectivity index (χ1n) is 8.32. The molecule has 0 aliphatic heterocycles. The van der Waals surface area contributed by atoms with Gasteiger partial charge in [0.1, 0.15) is 6.04 Å². The second kappa shape index (κ2) is 6.86. The Morgan fingerprint density at radius 3 is 2.83 bits per heavy atom. The molecule has 1 heterocycles. The van der Waals surface area contributed by atoms with Gasteiger partial charge in [-0.3, -0.25) is 9.59 Å². The molecule has 5 nitrogen and oxygen atoms in total. The molecule has 1 aromatic heterocycles. The van der Waals surface area contributed by atoms with Gasteiger partial charge in [-0.25, -0.2) is 0 Å². The van der Waals surface area contributed by atoms with Crippen LogP contribution in [0.3, 0.4) is 0 Å². The Balaban J connectivity index is 1.76. The van der Waals surface area contributed by atoms with Crippen LogP contribution in [0, 0.1) is 0 Å². The normalized spacial score (nSPS) is 15.3. The van der Waals surface area contributed by atoms with E-state index < -0.39 is 6.04 Å². The Morgan fingerprint density at radius 1 is 1.30 bits per heavy atom. The van der Waals surface area contributed by atoms with Gasteiger partial charge in [-0.05, 0) is 30.9 Å². The third kappa shape index (κ3) is 3.92. The van der Waals surface area contributed by atoms with E-state index in [1.807, 2.05) is 37.4 Å². The first kappa shape index (κ1) is 15.6. The number of hydrogen-bond donors (Lipinski definition) is 3. The van der Waals surface area contributed by atoms with Crippen LogP contribution >= 0.6 is 0 Å². The number of para-hydroxylation sites is 1. The molecule has 1 aliphatic carbocycles. The van der Waals surface area contributed by atoms with Crippen molar-refractivity contribution < 1.29 is 9.59 Å². The molecule has 1 aliphatic rings. The number of H-pyrrole nitrogens is 1. The van der Waals surface area contributed by atoms with E-state index in [0.717, 1.165) is 35.7 Å². The van der Waals surface area contributed by atoms with Gasteiger partial charge in [-0.2, -0.15) is 0 Å². The van der Waals surface area contributed by atoms with Crippen molar-refractivity contribution in [3.63, 3.8) is 0 Å². The summed E-state index contributed by atoms with van der Waals surface area (Å²) in [5.74, 6) is -0.148. The van der Waals surface area contributed by atoms with Gasteiger partial charge < -0.3 is 15.6 Å². The topological polar surface area (TPSA) is 74.0 Å². The van der Waals surface area contributed by atoms with E-state index in [-0.39, 0.29) is 17.9 Å². The van der Waals surface area contributed by atoms with Crippen LogP contribution in [-0.2, 0) is 16.0 Å². The minimum absolute atomic E-state index is 0.0664. The highest BCUT2D eigenvalue weighted by Crippen LogP contribution is 2.21. The second-order valence-electron chi connectivity index (χ2n) is 6.22. The summed E-state index contributed by atoms with van der Waals surface area (Å²) in [6.07, 6.45) is 5.71. The average molecular weight is 313 g/mol. The molecule has 1 saturated carbocycles. The summed E-state index contributed by atoms with van der Waals surface area (Å²) in [5, 5.41) is 6.99. The van der Waals surface area contributed by atoms with Gasteiger partial charge in [0, 0.05) is 36.0 Å². The molecule has 2 amide bonds. The van der Waals surface area contributed by atoms with Crippen LogP contribution in [0.4, 0.5) is 0 Å². The van der Waals surface area contributed by atoms with E-state index in [1.165, 1.54) is 0 Å². The number of carbonyl (C=O) groups is 2. The lowest BCUT2D eigenvalue weighted by Gasteiger charge is -2.18. The number of hydrogen-bond acceptors (Lipinski definition) is 2. The van der Waals surface area contributed by atoms with Crippen molar-refractivity contribution >= 4 is 22.7 Å². The Hall–Kier alpha value is -2.30. The summed E-state index contributed by atoms with van der Waals surface area (Å²) in [4.78, 5) is 27.6. The van der Waals surface area contributed by atoms with Crippen molar-refractivity contribution in [1.29, 1.82) is 0 Å². The zero-order valence-corrected chi connectivity index (χ0v) is 13.4. The van der Waals surface area contributed by atoms with Crippen LogP contribution in [0.15, 0.2) is 30.5 Å². The summed E-state index contributed by atoms with van der Waals surface area (Å²) < 4.78 is 0. The van der Waals surface area contributed by atoms with E-state index >= 15 is 0 Å². The number of nitrogens with one attached hydrogen (secondary N) is 3. The molecular weight excluding hydrogens is 290 g/mol. The van der Waals surface area contributed by atoms with Crippen LogP contribution in [0.2, 0.25) is 0 Å². The molecule has 0 bridgehead atoms. The zero-order valence-electron chi connectivity index (χ0n) is 13.4. The molecule has 0 unspecified atom stereocenters. The van der Waals surface area contributed by atoms with Crippen molar-refractivity contribution in [2.45, 2.75) is 51.1 Å². The molecule has 2 aromatic rings. The fraction of sp³-hybridized carbons (Fsp3) is 0.444. The van der Waals surface area contributed by atoms with E-state index in [2.05, 4.69) is 15.6 Å². The highest BCUT2D eigenvalue weighted by Gasteiger charge is 2.28. The van der Waals surface area contributed by atoms with Gasteiger partial charge in [-0.1, -0.05) is 25.1 Å². The fourth-order valence-electron chi connectivity index (χ4n) is 2.75. The van der Waals surface area contributed by atoms with Crippen LogP contribution in [0.1, 0.15) is 38.2 Å². The van der Waals surface area contributed by atoms with Crippen molar-refractivity contribution in [2.75, 3.05) is 0 Å². The van der Waals surface area contributed by atoms with Crippen molar-refractivity contribution in [1.82, 2.24) is 15.6 Å². The highest BCUT2D eigenvalue weighted by atomic mass is 16.2. The van der Waals surface area contributed by atoms with Crippen molar-refractivity contribution in [3.05, 3.63) is 36.0 Å². The second-order valence-corrected chi connectivity index (χ2v) is 6.22. The van der Waals surface area contributed by atoms with Crippen LogP contribution in [0.25, 0.3) is 10.9 Å². The van der Waals surface area contributed by atoms with E-state index in [4.69, 9.17) is 0 Å². The summed E-state index contributed by atoms with van der Waals surface area (Å²) in [6.45, 7) is 1.96. The molecule has 3 rings (SSSR count). The predicted molar refractivity (Wildman–Crippen MR) is 90.0 cm³/mol. The lowest BCUT2D eigenvalue weighted by molar-refractivity contribution is -0.129. The van der Waals surface area contributed by atoms with Gasteiger partial charge in [0.05, 0.1) is 0 Å². The number of carbonyl (C=O) groups excluding carboxylic acids is 2. The largest absolute Gasteiger partial charge is 0.361 e. The van der Waals surface area contributed by atoms with Crippen molar-refractivity contribution in [2.24, 2.45) is 0 Å². The van der Waals surface area contributed by atoms with Crippen molar-refractivity contribution in [3.8, 4) is 0 Å². The van der Waals surface area contributed by atoms with Crippen LogP contribution in [-0.4, -0.2) is 28.9 Å². The third-order valence-corrected chi connectivity index (χ3v) is 4.15. The maximum absolute atomic E-state index is 12.5. The molecule has 1 fully saturated rings. The lowest BCUT2D eigenvalue weighted by Crippen LogP contribution is -2.48. The van der Waals surface area contributed by atoms with Gasteiger partial charge >= 0.3 is 0 Å². The molecule has 3 N–H and O–H groups in total. The van der Waals surface area contributed by atoms with E-state index in [0.29, 0.717) is 12.8 Å². The highest BCUT2D eigenvalue weighted by molar-refractivity contribution is 5.89. The number of benzene rings is 1. The van der Waals surface area contributed by atoms with Gasteiger partial charge in [0.2, 0.25) is 11.8 Å². The summed E-state index contributed by atoms with van der Waals surface area (Å²) in [5.41, 5.74) is 2.09. The van der Waals surface area contributed by atoms with Gasteiger partial charge in [0.15, 0.2) is 0 Å². The Bertz CT molecular complexity index is 703. The monoisotopic (exact) mass is 313 g/mol. The van der Waals surface area contributed by atoms with Crippen LogP contribution < -0.4 is 10.6 Å². The predicted octanol–water partition coefficient (Wildman–Crippen LogP) is 2.27. The van der Waals surface area contributed by atoms with E-state index in [9.17, 15) is 9.59 Å². The first-order chi connectivity index (χ1) is 11.2. The molecule has 0 spiro atoms. The Morgan fingerprint density at radius 2 is 2.09 bits per heavy atom. The summed E-state index contributed by atoms with van der Waals surface area (Å²) >= 11 is 0. The molecule has 0 radical (unpaired) electrons. The fourth-order valence-corrected chi connectivity index (χ4v) is 2.75. The standard InChI is InChI=1S/C18H23N3O2/c1-2-5-17(22)21-16(18(23)20-13-8-9-13)10-12-11-19-15-7-4-3-6-14(12)15/h3-4,6-7,11,13,16,19H,2,5,8-10H2,1H3,(H,20,23)(H,21,22)/t16-/m0/s1. The van der Waals surface area contributed by atoms with Gasteiger partial charge in [-0.15, -0.1) is 0 Å². The number of aromatic nitrogens is 1. The molecule has 0 saturated heterocycles. The zero-order chi connectivity index (χ0) is 16.2. The molecule has 1 atom stereocenters. The minimum Gasteiger partial charge on any atom is -0.361 e. The first-order valence-corrected chi connectivity index (χ1v) is 8.32. The minimum atomic E-state index is -0.520. The number of fused-ring (bicyclic) bond motifs is 1. The SMILES string of the molecule is CCCC(=O)N[C@@H](Cc1c[nH]c2ccccc12)C(=O)NC1CC1. The molecule has 23 heavy (non-hydrogen) atoms. The van der Waals surface area contributed by atoms with Gasteiger partial charge in [0.25, 0.3) is 0 Å². The smallest absolute Gasteiger partial charge is 0.243 e. The number of aromatic amines is 1. The molecule has 5 heteroatoms. The third-order valence-electron chi connectivity index (χ3n) is 4.15. The maximum atomic E-state index is 12.5.